The van der Waals surface area contributed by atoms with Crippen LogP contribution in [0.25, 0.3) is 6.08 Å². The van der Waals surface area contributed by atoms with E-state index >= 15 is 0 Å². The number of carbonyl (C=O) groups is 1. The van der Waals surface area contributed by atoms with Crippen molar-refractivity contribution in [2.24, 2.45) is 0 Å². The zero-order valence-electron chi connectivity index (χ0n) is 8.02. The molecule has 0 spiro atoms. The molecule has 0 amide bonds. The molecule has 0 unspecified atom stereocenters. The fraction of sp³-hybridized carbons (Fsp3) is 0.200. The summed E-state index contributed by atoms with van der Waals surface area (Å²) in [5.74, 6) is -0.480. The lowest BCUT2D eigenvalue weighted by Crippen LogP contribution is -1.96. The SMILES string of the molecule is COc1cccc(/C=C(/C)C(=O)O)n1. The van der Waals surface area contributed by atoms with E-state index < -0.39 is 5.97 Å². The molecular formula is C10H11NO3. The lowest BCUT2D eigenvalue weighted by atomic mass is 10.2. The average molecular weight is 193 g/mol. The van der Waals surface area contributed by atoms with Crippen LogP contribution in [0.1, 0.15) is 12.6 Å². The van der Waals surface area contributed by atoms with Gasteiger partial charge < -0.3 is 9.84 Å². The summed E-state index contributed by atoms with van der Waals surface area (Å²) in [6.45, 7) is 1.52. The van der Waals surface area contributed by atoms with Crippen molar-refractivity contribution < 1.29 is 14.6 Å². The van der Waals surface area contributed by atoms with Gasteiger partial charge in [-0.25, -0.2) is 9.78 Å². The average Bonchev–Trinajstić information content (AvgIpc) is 2.18. The molecule has 0 fully saturated rings. The number of pyridine rings is 1. The van der Waals surface area contributed by atoms with E-state index in [-0.39, 0.29) is 5.57 Å². The lowest BCUT2D eigenvalue weighted by Gasteiger charge is -1.99. The summed E-state index contributed by atoms with van der Waals surface area (Å²) in [4.78, 5) is 14.6. The minimum Gasteiger partial charge on any atom is -0.481 e. The van der Waals surface area contributed by atoms with Crippen LogP contribution in [0.3, 0.4) is 0 Å². The summed E-state index contributed by atoms with van der Waals surface area (Å²) in [7, 11) is 1.51. The Labute approximate surface area is 81.9 Å². The Morgan fingerprint density at radius 3 is 2.86 bits per heavy atom. The molecule has 0 bridgehead atoms. The highest BCUT2D eigenvalue weighted by Gasteiger charge is 2.01. The van der Waals surface area contributed by atoms with E-state index in [1.54, 1.807) is 18.2 Å². The van der Waals surface area contributed by atoms with E-state index in [4.69, 9.17) is 9.84 Å². The molecule has 0 aliphatic rings. The number of carboxylic acids is 1. The predicted octanol–water partition coefficient (Wildman–Crippen LogP) is 1.58. The maximum absolute atomic E-state index is 10.5. The number of ether oxygens (including phenoxy) is 1. The Morgan fingerprint density at radius 1 is 1.57 bits per heavy atom. The highest BCUT2D eigenvalue weighted by molar-refractivity contribution is 5.91. The zero-order chi connectivity index (χ0) is 10.6. The third kappa shape index (κ3) is 2.58. The van der Waals surface area contributed by atoms with Gasteiger partial charge in [0.1, 0.15) is 0 Å². The van der Waals surface area contributed by atoms with Gasteiger partial charge >= 0.3 is 5.97 Å². The van der Waals surface area contributed by atoms with Crippen LogP contribution in [0.15, 0.2) is 23.8 Å². The number of aliphatic carboxylic acids is 1. The molecule has 0 aliphatic heterocycles. The van der Waals surface area contributed by atoms with Gasteiger partial charge in [0.2, 0.25) is 5.88 Å². The van der Waals surface area contributed by atoms with Crippen LogP contribution >= 0.6 is 0 Å². The summed E-state index contributed by atoms with van der Waals surface area (Å²) in [6.07, 6.45) is 1.49. The van der Waals surface area contributed by atoms with Crippen LogP contribution < -0.4 is 4.74 Å². The van der Waals surface area contributed by atoms with E-state index in [1.165, 1.54) is 20.1 Å². The van der Waals surface area contributed by atoms with Crippen molar-refractivity contribution in [3.8, 4) is 5.88 Å². The molecule has 4 nitrogen and oxygen atoms in total. The smallest absolute Gasteiger partial charge is 0.331 e. The second kappa shape index (κ2) is 4.41. The molecule has 1 rings (SSSR count). The first kappa shape index (κ1) is 10.2. The van der Waals surface area contributed by atoms with E-state index in [1.807, 2.05) is 0 Å². The van der Waals surface area contributed by atoms with Gasteiger partial charge in [0.15, 0.2) is 0 Å². The maximum Gasteiger partial charge on any atom is 0.331 e. The number of methoxy groups -OCH3 is 1. The topological polar surface area (TPSA) is 59.4 Å². The van der Waals surface area contributed by atoms with Gasteiger partial charge in [0, 0.05) is 11.6 Å². The minimum atomic E-state index is -0.949. The number of carboxylic acid groups (broad SMARTS) is 1. The van der Waals surface area contributed by atoms with Crippen LogP contribution in [0.4, 0.5) is 0 Å². The summed E-state index contributed by atoms with van der Waals surface area (Å²) >= 11 is 0. The number of aromatic nitrogens is 1. The van der Waals surface area contributed by atoms with Gasteiger partial charge in [0.25, 0.3) is 0 Å². The molecule has 1 aromatic heterocycles. The molecule has 1 aromatic rings. The molecule has 0 saturated heterocycles. The summed E-state index contributed by atoms with van der Waals surface area (Å²) in [6, 6.07) is 5.18. The maximum atomic E-state index is 10.5. The fourth-order valence-electron chi connectivity index (χ4n) is 0.908. The number of hydrogen-bond acceptors (Lipinski definition) is 3. The van der Waals surface area contributed by atoms with E-state index in [0.717, 1.165) is 0 Å². The molecule has 1 N–H and O–H groups in total. The van der Waals surface area contributed by atoms with Gasteiger partial charge in [-0.05, 0) is 19.1 Å². The monoisotopic (exact) mass is 193 g/mol. The summed E-state index contributed by atoms with van der Waals surface area (Å²) in [5, 5.41) is 8.64. The van der Waals surface area contributed by atoms with Crippen molar-refractivity contribution in [2.75, 3.05) is 7.11 Å². The Hall–Kier alpha value is -1.84. The quantitative estimate of drug-likeness (QED) is 0.740. The molecular weight excluding hydrogens is 182 g/mol. The van der Waals surface area contributed by atoms with E-state index in [2.05, 4.69) is 4.98 Å². The van der Waals surface area contributed by atoms with E-state index in [9.17, 15) is 4.79 Å². The highest BCUT2D eigenvalue weighted by Crippen LogP contribution is 2.09. The van der Waals surface area contributed by atoms with Gasteiger partial charge in [-0.3, -0.25) is 0 Å². The number of hydrogen-bond donors (Lipinski definition) is 1. The van der Waals surface area contributed by atoms with Crippen molar-refractivity contribution in [1.29, 1.82) is 0 Å². The second-order valence-corrected chi connectivity index (χ2v) is 2.74. The molecule has 4 heteroatoms. The zero-order valence-corrected chi connectivity index (χ0v) is 8.02. The van der Waals surface area contributed by atoms with Gasteiger partial charge in [-0.2, -0.15) is 0 Å². The third-order valence-electron chi connectivity index (χ3n) is 1.66. The first-order chi connectivity index (χ1) is 6.63. The standard InChI is InChI=1S/C10H11NO3/c1-7(10(12)13)6-8-4-3-5-9(11-8)14-2/h3-6H,1-2H3,(H,12,13)/b7-6-. The summed E-state index contributed by atoms with van der Waals surface area (Å²) < 4.78 is 4.91. The molecule has 0 aliphatic carbocycles. The van der Waals surface area contributed by atoms with Crippen molar-refractivity contribution in [3.05, 3.63) is 29.5 Å². The fourth-order valence-corrected chi connectivity index (χ4v) is 0.908. The summed E-state index contributed by atoms with van der Waals surface area (Å²) in [5.41, 5.74) is 0.815. The molecule has 0 atom stereocenters. The van der Waals surface area contributed by atoms with Crippen LogP contribution in [0.2, 0.25) is 0 Å². The Balaban J connectivity index is 2.97. The predicted molar refractivity (Wildman–Crippen MR) is 52.1 cm³/mol. The van der Waals surface area contributed by atoms with Crippen molar-refractivity contribution in [2.45, 2.75) is 6.92 Å². The lowest BCUT2D eigenvalue weighted by molar-refractivity contribution is -0.132. The van der Waals surface area contributed by atoms with Crippen molar-refractivity contribution >= 4 is 12.0 Å². The van der Waals surface area contributed by atoms with Gasteiger partial charge in [-0.1, -0.05) is 6.07 Å². The Bertz CT molecular complexity index is 371. The number of rotatable bonds is 3. The minimum absolute atomic E-state index is 0.241. The molecule has 1 heterocycles. The van der Waals surface area contributed by atoms with Crippen LogP contribution in [-0.4, -0.2) is 23.2 Å². The largest absolute Gasteiger partial charge is 0.481 e. The molecule has 0 saturated carbocycles. The highest BCUT2D eigenvalue weighted by atomic mass is 16.5. The number of nitrogens with zero attached hydrogens (tertiary/aromatic N) is 1. The van der Waals surface area contributed by atoms with E-state index in [0.29, 0.717) is 11.6 Å². The van der Waals surface area contributed by atoms with Crippen LogP contribution in [0.5, 0.6) is 5.88 Å². The van der Waals surface area contributed by atoms with Crippen molar-refractivity contribution in [1.82, 2.24) is 4.98 Å². The van der Waals surface area contributed by atoms with Crippen LogP contribution in [-0.2, 0) is 4.79 Å². The van der Waals surface area contributed by atoms with Gasteiger partial charge in [0.05, 0.1) is 12.8 Å². The second-order valence-electron chi connectivity index (χ2n) is 2.74. The Morgan fingerprint density at radius 2 is 2.29 bits per heavy atom. The first-order valence-electron chi connectivity index (χ1n) is 4.06. The molecule has 14 heavy (non-hydrogen) atoms. The molecule has 0 aromatic carbocycles. The molecule has 0 radical (unpaired) electrons. The Kier molecular flexibility index (Phi) is 3.23. The van der Waals surface area contributed by atoms with Crippen LogP contribution in [0, 0.1) is 0 Å². The first-order valence-corrected chi connectivity index (χ1v) is 4.06. The van der Waals surface area contributed by atoms with Gasteiger partial charge in [-0.15, -0.1) is 0 Å². The third-order valence-corrected chi connectivity index (χ3v) is 1.66. The van der Waals surface area contributed by atoms with Crippen molar-refractivity contribution in [3.63, 3.8) is 0 Å². The molecule has 74 valence electrons. The normalized spacial score (nSPS) is 11.1.